The number of amides is 1. The Morgan fingerprint density at radius 2 is 2.33 bits per heavy atom. The third-order valence-electron chi connectivity index (χ3n) is 1.55. The minimum atomic E-state index is -1.91. The van der Waals surface area contributed by atoms with Gasteiger partial charge in [0.2, 0.25) is 5.91 Å². The van der Waals surface area contributed by atoms with Crippen molar-refractivity contribution in [2.75, 3.05) is 0 Å². The smallest absolute Gasteiger partial charge is 0.228 e. The fraction of sp³-hybridized carbons (Fsp3) is 0.286. The quantitative estimate of drug-likeness (QED) is 0.509. The summed E-state index contributed by atoms with van der Waals surface area (Å²) in [4.78, 5) is 10.7. The highest BCUT2D eigenvalue weighted by Crippen LogP contribution is 2.29. The van der Waals surface area contributed by atoms with Gasteiger partial charge in [0, 0.05) is 6.08 Å². The van der Waals surface area contributed by atoms with Crippen molar-refractivity contribution in [2.45, 2.75) is 5.06 Å². The van der Waals surface area contributed by atoms with Crippen LogP contribution >= 0.6 is 11.6 Å². The topological polar surface area (TPSA) is 83.6 Å². The van der Waals surface area contributed by atoms with Gasteiger partial charge in [-0.3, -0.25) is 4.79 Å². The predicted octanol–water partition coefficient (Wildman–Crippen LogP) is 0.0270. The first-order chi connectivity index (χ1) is 5.43. The molecule has 0 aromatic heterocycles. The third-order valence-corrected chi connectivity index (χ3v) is 1.90. The molecule has 0 radical (unpaired) electrons. The number of hydrogen-bond donors (Lipinski definition) is 3. The molecule has 1 rings (SSSR count). The minimum Gasteiger partial charge on any atom is -0.508 e. The van der Waals surface area contributed by atoms with Crippen molar-refractivity contribution in [3.63, 3.8) is 0 Å². The van der Waals surface area contributed by atoms with Gasteiger partial charge in [-0.2, -0.15) is 0 Å². The van der Waals surface area contributed by atoms with Gasteiger partial charge < -0.3 is 15.9 Å². The van der Waals surface area contributed by atoms with Crippen LogP contribution in [0.5, 0.6) is 0 Å². The number of carbonyl (C=O) groups is 1. The van der Waals surface area contributed by atoms with Gasteiger partial charge in [-0.05, 0) is 6.08 Å². The van der Waals surface area contributed by atoms with Crippen molar-refractivity contribution in [3.8, 4) is 0 Å². The second-order valence-electron chi connectivity index (χ2n) is 2.54. The third kappa shape index (κ3) is 1.60. The van der Waals surface area contributed by atoms with Crippen LogP contribution in [0.15, 0.2) is 24.0 Å². The van der Waals surface area contributed by atoms with E-state index in [4.69, 9.17) is 22.4 Å². The van der Waals surface area contributed by atoms with E-state index in [2.05, 4.69) is 0 Å². The standard InChI is InChI=1S/C7H8ClNO3/c8-7(12)3-4(10)1-2-5(7)6(9)11/h1-3,5,10,12H,(H2,9,11). The maximum atomic E-state index is 10.7. The number of alkyl halides is 1. The number of halogens is 1. The van der Waals surface area contributed by atoms with Crippen molar-refractivity contribution in [2.24, 2.45) is 11.7 Å². The molecule has 66 valence electrons. The van der Waals surface area contributed by atoms with E-state index in [1.165, 1.54) is 12.2 Å². The van der Waals surface area contributed by atoms with Gasteiger partial charge in [-0.1, -0.05) is 17.7 Å². The van der Waals surface area contributed by atoms with Gasteiger partial charge in [0.1, 0.15) is 11.7 Å². The van der Waals surface area contributed by atoms with Crippen LogP contribution in [0.2, 0.25) is 0 Å². The molecule has 0 bridgehead atoms. The lowest BCUT2D eigenvalue weighted by Gasteiger charge is -2.25. The number of nitrogens with two attached hydrogens (primary N) is 1. The van der Waals surface area contributed by atoms with Crippen LogP contribution in [0.1, 0.15) is 0 Å². The number of aliphatic hydroxyl groups is 2. The Balaban J connectivity index is 2.96. The van der Waals surface area contributed by atoms with Crippen molar-refractivity contribution in [1.82, 2.24) is 0 Å². The van der Waals surface area contributed by atoms with Gasteiger partial charge in [0.05, 0.1) is 0 Å². The monoisotopic (exact) mass is 189 g/mol. The first kappa shape index (κ1) is 9.09. The lowest BCUT2D eigenvalue weighted by Crippen LogP contribution is -2.39. The Morgan fingerprint density at radius 3 is 2.75 bits per heavy atom. The zero-order valence-corrected chi connectivity index (χ0v) is 6.82. The second-order valence-corrected chi connectivity index (χ2v) is 3.14. The van der Waals surface area contributed by atoms with Crippen LogP contribution in [-0.4, -0.2) is 21.2 Å². The number of hydrogen-bond acceptors (Lipinski definition) is 3. The van der Waals surface area contributed by atoms with E-state index in [-0.39, 0.29) is 5.76 Å². The molecule has 12 heavy (non-hydrogen) atoms. The average molecular weight is 190 g/mol. The molecule has 2 atom stereocenters. The van der Waals surface area contributed by atoms with Crippen LogP contribution < -0.4 is 5.73 Å². The molecule has 1 aliphatic rings. The Labute approximate surface area is 73.9 Å². The number of primary amides is 1. The molecular formula is C7H8ClNO3. The van der Waals surface area contributed by atoms with Crippen LogP contribution in [0.4, 0.5) is 0 Å². The fourth-order valence-electron chi connectivity index (χ4n) is 0.969. The number of allylic oxidation sites excluding steroid dienone is 1. The summed E-state index contributed by atoms with van der Waals surface area (Å²) >= 11 is 5.49. The van der Waals surface area contributed by atoms with Crippen LogP contribution in [0, 0.1) is 5.92 Å². The molecule has 0 fully saturated rings. The van der Waals surface area contributed by atoms with Gasteiger partial charge >= 0.3 is 0 Å². The lowest BCUT2D eigenvalue weighted by molar-refractivity contribution is -0.123. The summed E-state index contributed by atoms with van der Waals surface area (Å²) in [6, 6.07) is 0. The lowest BCUT2D eigenvalue weighted by atomic mass is 9.96. The summed E-state index contributed by atoms with van der Waals surface area (Å²) in [5.41, 5.74) is 4.94. The Kier molecular flexibility index (Phi) is 2.12. The van der Waals surface area contributed by atoms with Crippen LogP contribution in [0.25, 0.3) is 0 Å². The largest absolute Gasteiger partial charge is 0.508 e. The molecule has 1 amide bonds. The normalized spacial score (nSPS) is 34.5. The predicted molar refractivity (Wildman–Crippen MR) is 43.3 cm³/mol. The maximum Gasteiger partial charge on any atom is 0.228 e. The molecule has 5 heteroatoms. The summed E-state index contributed by atoms with van der Waals surface area (Å²) in [7, 11) is 0. The first-order valence-electron chi connectivity index (χ1n) is 3.24. The van der Waals surface area contributed by atoms with Crippen molar-refractivity contribution in [1.29, 1.82) is 0 Å². The van der Waals surface area contributed by atoms with Gasteiger partial charge in [0.15, 0.2) is 5.06 Å². The number of carbonyl (C=O) groups excluding carboxylic acids is 1. The van der Waals surface area contributed by atoms with Crippen LogP contribution in [-0.2, 0) is 4.79 Å². The molecule has 4 nitrogen and oxygen atoms in total. The number of rotatable bonds is 1. The zero-order chi connectivity index (χ0) is 9.35. The summed E-state index contributed by atoms with van der Waals surface area (Å²) in [6.07, 6.45) is 3.47. The highest BCUT2D eigenvalue weighted by molar-refractivity contribution is 6.26. The average Bonchev–Trinajstić information content (AvgIpc) is 1.82. The summed E-state index contributed by atoms with van der Waals surface area (Å²) in [5, 5.41) is 16.4. The second kappa shape index (κ2) is 2.80. The van der Waals surface area contributed by atoms with Gasteiger partial charge in [-0.25, -0.2) is 0 Å². The molecule has 0 aromatic carbocycles. The summed E-state index contributed by atoms with van der Waals surface area (Å²) in [5.74, 6) is -1.94. The van der Waals surface area contributed by atoms with Crippen LogP contribution in [0.3, 0.4) is 0 Å². The van der Waals surface area contributed by atoms with E-state index in [0.717, 1.165) is 6.08 Å². The molecule has 0 saturated carbocycles. The minimum absolute atomic E-state index is 0.190. The van der Waals surface area contributed by atoms with E-state index in [0.29, 0.717) is 0 Å². The molecule has 2 unspecified atom stereocenters. The molecule has 4 N–H and O–H groups in total. The van der Waals surface area contributed by atoms with Gasteiger partial charge in [0.25, 0.3) is 0 Å². The maximum absolute atomic E-state index is 10.7. The van der Waals surface area contributed by atoms with E-state index in [1.807, 2.05) is 0 Å². The Bertz CT molecular complexity index is 270. The summed E-state index contributed by atoms with van der Waals surface area (Å²) < 4.78 is 0. The Morgan fingerprint density at radius 1 is 1.75 bits per heavy atom. The Hall–Kier alpha value is -1.00. The zero-order valence-electron chi connectivity index (χ0n) is 6.07. The molecular weight excluding hydrogens is 182 g/mol. The summed E-state index contributed by atoms with van der Waals surface area (Å²) in [6.45, 7) is 0. The fourth-order valence-corrected chi connectivity index (χ4v) is 1.26. The molecule has 1 aliphatic carbocycles. The van der Waals surface area contributed by atoms with E-state index < -0.39 is 16.9 Å². The van der Waals surface area contributed by atoms with Crippen molar-refractivity contribution < 1.29 is 15.0 Å². The van der Waals surface area contributed by atoms with E-state index >= 15 is 0 Å². The highest BCUT2D eigenvalue weighted by atomic mass is 35.5. The molecule has 0 aromatic rings. The molecule has 0 aliphatic heterocycles. The molecule has 0 spiro atoms. The molecule has 0 heterocycles. The van der Waals surface area contributed by atoms with E-state index in [1.54, 1.807) is 0 Å². The number of aliphatic hydroxyl groups excluding tert-OH is 1. The molecule has 0 saturated heterocycles. The van der Waals surface area contributed by atoms with Gasteiger partial charge in [-0.15, -0.1) is 0 Å². The van der Waals surface area contributed by atoms with Crippen molar-refractivity contribution >= 4 is 17.5 Å². The van der Waals surface area contributed by atoms with Crippen molar-refractivity contribution in [3.05, 3.63) is 24.0 Å². The van der Waals surface area contributed by atoms with E-state index in [9.17, 15) is 9.90 Å². The SMILES string of the molecule is NC(=O)C1C=CC(O)=CC1(O)Cl. The highest BCUT2D eigenvalue weighted by Gasteiger charge is 2.37. The first-order valence-corrected chi connectivity index (χ1v) is 3.62.